The van der Waals surface area contributed by atoms with Crippen molar-refractivity contribution in [2.75, 3.05) is 19.6 Å². The van der Waals surface area contributed by atoms with Crippen molar-refractivity contribution < 1.29 is 0 Å². The first-order valence-electron chi connectivity index (χ1n) is 5.79. The SMILES string of the molecule is CCNC(=NCCc1ccccn1)NCC.I. The zero-order valence-electron chi connectivity index (χ0n) is 10.4. The van der Waals surface area contributed by atoms with Crippen molar-refractivity contribution in [3.8, 4) is 0 Å². The number of nitrogens with zero attached hydrogens (tertiary/aromatic N) is 2. The Morgan fingerprint density at radius 3 is 2.47 bits per heavy atom. The van der Waals surface area contributed by atoms with Gasteiger partial charge in [0.15, 0.2) is 5.96 Å². The summed E-state index contributed by atoms with van der Waals surface area (Å²) in [4.78, 5) is 8.71. The molecule has 1 aromatic rings. The van der Waals surface area contributed by atoms with Crippen molar-refractivity contribution >= 4 is 29.9 Å². The molecule has 5 heteroatoms. The minimum Gasteiger partial charge on any atom is -0.357 e. The van der Waals surface area contributed by atoms with Crippen molar-refractivity contribution in [2.45, 2.75) is 20.3 Å². The predicted octanol–water partition coefficient (Wildman–Crippen LogP) is 1.82. The molecular weight excluding hydrogens is 327 g/mol. The van der Waals surface area contributed by atoms with Gasteiger partial charge in [-0.15, -0.1) is 24.0 Å². The smallest absolute Gasteiger partial charge is 0.191 e. The monoisotopic (exact) mass is 348 g/mol. The van der Waals surface area contributed by atoms with E-state index in [-0.39, 0.29) is 24.0 Å². The molecule has 0 unspecified atom stereocenters. The van der Waals surface area contributed by atoms with Gasteiger partial charge < -0.3 is 10.6 Å². The van der Waals surface area contributed by atoms with Gasteiger partial charge >= 0.3 is 0 Å². The second-order valence-electron chi connectivity index (χ2n) is 3.36. The second-order valence-corrected chi connectivity index (χ2v) is 3.36. The lowest BCUT2D eigenvalue weighted by molar-refractivity contribution is 0.827. The summed E-state index contributed by atoms with van der Waals surface area (Å²) in [7, 11) is 0. The number of hydrogen-bond acceptors (Lipinski definition) is 2. The number of aromatic nitrogens is 1. The van der Waals surface area contributed by atoms with E-state index < -0.39 is 0 Å². The van der Waals surface area contributed by atoms with Crippen LogP contribution in [0.4, 0.5) is 0 Å². The summed E-state index contributed by atoms with van der Waals surface area (Å²) in [5.74, 6) is 0.876. The highest BCUT2D eigenvalue weighted by molar-refractivity contribution is 14.0. The molecule has 0 saturated heterocycles. The average molecular weight is 348 g/mol. The number of aliphatic imine (C=N–C) groups is 1. The molecule has 0 saturated carbocycles. The Balaban J connectivity index is 0.00000256. The maximum atomic E-state index is 4.45. The van der Waals surface area contributed by atoms with E-state index in [9.17, 15) is 0 Å². The van der Waals surface area contributed by atoms with Gasteiger partial charge in [0.05, 0.1) is 0 Å². The maximum absolute atomic E-state index is 4.45. The topological polar surface area (TPSA) is 49.3 Å². The zero-order chi connectivity index (χ0) is 11.6. The molecule has 1 aromatic heterocycles. The Morgan fingerprint density at radius 2 is 1.94 bits per heavy atom. The zero-order valence-corrected chi connectivity index (χ0v) is 12.8. The van der Waals surface area contributed by atoms with Gasteiger partial charge in [0, 0.05) is 37.9 Å². The van der Waals surface area contributed by atoms with Crippen LogP contribution in [0.1, 0.15) is 19.5 Å². The molecule has 0 bridgehead atoms. The number of halogens is 1. The standard InChI is InChI=1S/C12H20N4.HI/c1-3-13-12(14-4-2)16-10-8-11-7-5-6-9-15-11;/h5-7,9H,3-4,8,10H2,1-2H3,(H2,13,14,16);1H. The normalized spacial score (nSPS) is 9.06. The summed E-state index contributed by atoms with van der Waals surface area (Å²) in [6, 6.07) is 5.95. The molecule has 96 valence electrons. The van der Waals surface area contributed by atoms with Gasteiger partial charge in [0.1, 0.15) is 0 Å². The summed E-state index contributed by atoms with van der Waals surface area (Å²) >= 11 is 0. The highest BCUT2D eigenvalue weighted by atomic mass is 127. The van der Waals surface area contributed by atoms with E-state index in [1.165, 1.54) is 0 Å². The third-order valence-electron chi connectivity index (χ3n) is 2.05. The molecular formula is C12H21IN4. The van der Waals surface area contributed by atoms with Crippen molar-refractivity contribution in [1.82, 2.24) is 15.6 Å². The lowest BCUT2D eigenvalue weighted by atomic mass is 10.3. The third kappa shape index (κ3) is 7.14. The molecule has 1 rings (SSSR count). The largest absolute Gasteiger partial charge is 0.357 e. The number of rotatable bonds is 5. The summed E-state index contributed by atoms with van der Waals surface area (Å²) in [6.45, 7) is 6.65. The Labute approximate surface area is 120 Å². The van der Waals surface area contributed by atoms with E-state index >= 15 is 0 Å². The summed E-state index contributed by atoms with van der Waals surface area (Å²) in [5.41, 5.74) is 1.08. The van der Waals surface area contributed by atoms with Crippen LogP contribution in [0.15, 0.2) is 29.4 Å². The van der Waals surface area contributed by atoms with Crippen LogP contribution in [-0.4, -0.2) is 30.6 Å². The Bertz CT molecular complexity index is 306. The Hall–Kier alpha value is -0.850. The quantitative estimate of drug-likeness (QED) is 0.485. The van der Waals surface area contributed by atoms with Crippen LogP contribution in [0.25, 0.3) is 0 Å². The third-order valence-corrected chi connectivity index (χ3v) is 2.05. The maximum Gasteiger partial charge on any atom is 0.191 e. The van der Waals surface area contributed by atoms with E-state index in [0.29, 0.717) is 0 Å². The first-order valence-corrected chi connectivity index (χ1v) is 5.79. The molecule has 2 N–H and O–H groups in total. The highest BCUT2D eigenvalue weighted by Gasteiger charge is 1.95. The molecule has 4 nitrogen and oxygen atoms in total. The van der Waals surface area contributed by atoms with E-state index in [4.69, 9.17) is 0 Å². The molecule has 0 radical (unpaired) electrons. The fourth-order valence-corrected chi connectivity index (χ4v) is 1.34. The summed E-state index contributed by atoms with van der Waals surface area (Å²) in [5, 5.41) is 6.38. The Kier molecular flexibility index (Phi) is 9.80. The van der Waals surface area contributed by atoms with Crippen LogP contribution in [0.2, 0.25) is 0 Å². The number of nitrogens with one attached hydrogen (secondary N) is 2. The fourth-order valence-electron chi connectivity index (χ4n) is 1.34. The van der Waals surface area contributed by atoms with E-state index in [0.717, 1.165) is 37.7 Å². The van der Waals surface area contributed by atoms with Gasteiger partial charge in [-0.25, -0.2) is 0 Å². The number of pyridine rings is 1. The molecule has 0 fully saturated rings. The van der Waals surface area contributed by atoms with Crippen molar-refractivity contribution in [2.24, 2.45) is 4.99 Å². The lowest BCUT2D eigenvalue weighted by Gasteiger charge is -2.08. The minimum atomic E-state index is 0. The highest BCUT2D eigenvalue weighted by Crippen LogP contribution is 1.94. The summed E-state index contributed by atoms with van der Waals surface area (Å²) in [6.07, 6.45) is 2.69. The van der Waals surface area contributed by atoms with E-state index in [2.05, 4.69) is 34.5 Å². The first kappa shape index (κ1) is 16.1. The van der Waals surface area contributed by atoms with Gasteiger partial charge in [0.2, 0.25) is 0 Å². The molecule has 0 amide bonds. The van der Waals surface area contributed by atoms with Gasteiger partial charge in [0.25, 0.3) is 0 Å². The van der Waals surface area contributed by atoms with Crippen molar-refractivity contribution in [1.29, 1.82) is 0 Å². The fraction of sp³-hybridized carbons (Fsp3) is 0.500. The van der Waals surface area contributed by atoms with Crippen LogP contribution >= 0.6 is 24.0 Å². The number of guanidine groups is 1. The molecule has 0 aromatic carbocycles. The Morgan fingerprint density at radius 1 is 1.24 bits per heavy atom. The van der Waals surface area contributed by atoms with Crippen LogP contribution < -0.4 is 10.6 Å². The average Bonchev–Trinajstić information content (AvgIpc) is 2.31. The van der Waals surface area contributed by atoms with Crippen LogP contribution in [0.3, 0.4) is 0 Å². The van der Waals surface area contributed by atoms with Crippen LogP contribution in [0.5, 0.6) is 0 Å². The van der Waals surface area contributed by atoms with Gasteiger partial charge in [-0.2, -0.15) is 0 Å². The van der Waals surface area contributed by atoms with Crippen molar-refractivity contribution in [3.63, 3.8) is 0 Å². The first-order chi connectivity index (χ1) is 7.86. The molecule has 0 aliphatic rings. The van der Waals surface area contributed by atoms with E-state index in [1.807, 2.05) is 24.4 Å². The molecule has 0 spiro atoms. The van der Waals surface area contributed by atoms with Gasteiger partial charge in [-0.05, 0) is 26.0 Å². The van der Waals surface area contributed by atoms with Gasteiger partial charge in [-0.1, -0.05) is 6.07 Å². The molecule has 0 atom stereocenters. The second kappa shape index (κ2) is 10.3. The molecule has 17 heavy (non-hydrogen) atoms. The van der Waals surface area contributed by atoms with Crippen LogP contribution in [-0.2, 0) is 6.42 Å². The summed E-state index contributed by atoms with van der Waals surface area (Å²) < 4.78 is 0. The molecule has 0 aliphatic carbocycles. The van der Waals surface area contributed by atoms with Crippen molar-refractivity contribution in [3.05, 3.63) is 30.1 Å². The van der Waals surface area contributed by atoms with E-state index in [1.54, 1.807) is 0 Å². The molecule has 1 heterocycles. The predicted molar refractivity (Wildman–Crippen MR) is 83.0 cm³/mol. The number of hydrogen-bond donors (Lipinski definition) is 2. The van der Waals surface area contributed by atoms with Crippen LogP contribution in [0, 0.1) is 0 Å². The molecule has 0 aliphatic heterocycles. The van der Waals surface area contributed by atoms with Gasteiger partial charge in [-0.3, -0.25) is 9.98 Å². The minimum absolute atomic E-state index is 0. The lowest BCUT2D eigenvalue weighted by Crippen LogP contribution is -2.37.